The maximum atomic E-state index is 2.48. The van der Waals surface area contributed by atoms with Gasteiger partial charge in [-0.15, -0.1) is 11.3 Å². The first-order valence-electron chi connectivity index (χ1n) is 18.8. The molecule has 0 fully saturated rings. The van der Waals surface area contributed by atoms with Crippen LogP contribution >= 0.6 is 23.1 Å². The largest absolute Gasteiger partial charge is 0.134 e. The summed E-state index contributed by atoms with van der Waals surface area (Å²) < 4.78 is 2.79. The first-order chi connectivity index (χ1) is 26.8. The summed E-state index contributed by atoms with van der Waals surface area (Å²) in [6.45, 7) is 0. The van der Waals surface area contributed by atoms with Gasteiger partial charge in [0.1, 0.15) is 0 Å². The van der Waals surface area contributed by atoms with Crippen molar-refractivity contribution in [1.82, 2.24) is 0 Å². The lowest BCUT2D eigenvalue weighted by Crippen LogP contribution is -2.00. The van der Waals surface area contributed by atoms with Gasteiger partial charge in [0.05, 0.1) is 0 Å². The van der Waals surface area contributed by atoms with E-state index in [0.29, 0.717) is 5.92 Å². The van der Waals surface area contributed by atoms with E-state index in [1.165, 1.54) is 112 Å². The molecule has 1 aromatic heterocycles. The van der Waals surface area contributed by atoms with Crippen LogP contribution in [-0.4, -0.2) is 0 Å². The highest BCUT2D eigenvalue weighted by molar-refractivity contribution is 8.03. The first-order valence-corrected chi connectivity index (χ1v) is 20.4. The maximum absolute atomic E-state index is 2.48. The zero-order chi connectivity index (χ0) is 35.3. The first kappa shape index (κ1) is 30.5. The fourth-order valence-corrected chi connectivity index (χ4v) is 12.1. The Morgan fingerprint density at radius 2 is 1.09 bits per heavy atom. The van der Waals surface area contributed by atoms with E-state index < -0.39 is 0 Å². The Kier molecular flexibility index (Phi) is 6.66. The Bertz CT molecular complexity index is 3230. The average molecular weight is 721 g/mol. The fourth-order valence-electron chi connectivity index (χ4n) is 9.28. The molecule has 2 heterocycles. The normalized spacial score (nSPS) is 15.3. The predicted octanol–water partition coefficient (Wildman–Crippen LogP) is 15.6. The van der Waals surface area contributed by atoms with E-state index in [9.17, 15) is 0 Å². The molecule has 1 aliphatic heterocycles. The van der Waals surface area contributed by atoms with Gasteiger partial charge in [0.15, 0.2) is 0 Å². The van der Waals surface area contributed by atoms with Crippen LogP contribution < -0.4 is 0 Å². The van der Waals surface area contributed by atoms with Crippen molar-refractivity contribution in [3.63, 3.8) is 0 Å². The van der Waals surface area contributed by atoms with Crippen molar-refractivity contribution >= 4 is 91.9 Å². The fraction of sp³-hybridized carbons (Fsp3) is 0.0385. The van der Waals surface area contributed by atoms with Crippen LogP contribution in [-0.2, 0) is 0 Å². The average Bonchev–Trinajstić information content (AvgIpc) is 3.81. The highest BCUT2D eigenvalue weighted by Crippen LogP contribution is 2.57. The molecule has 0 nitrogen and oxygen atoms in total. The van der Waals surface area contributed by atoms with Gasteiger partial charge in [-0.1, -0.05) is 163 Å². The Balaban J connectivity index is 0.976. The minimum absolute atomic E-state index is 0.418. The molecule has 1 unspecified atom stereocenters. The van der Waals surface area contributed by atoms with Crippen LogP contribution in [0.25, 0.3) is 91.1 Å². The molecule has 0 amide bonds. The molecule has 0 spiro atoms. The molecule has 252 valence electrons. The summed E-state index contributed by atoms with van der Waals surface area (Å²) in [6.07, 6.45) is 5.98. The number of allylic oxidation sites excluding steroid dienone is 4. The summed E-state index contributed by atoms with van der Waals surface area (Å²) in [4.78, 5) is 2.92. The van der Waals surface area contributed by atoms with Crippen LogP contribution in [0.4, 0.5) is 0 Å². The third-order valence-corrected chi connectivity index (χ3v) is 14.3. The molecule has 0 saturated heterocycles. The number of thiophene rings is 1. The summed E-state index contributed by atoms with van der Waals surface area (Å²) >= 11 is 3.95. The highest BCUT2D eigenvalue weighted by atomic mass is 32.2. The van der Waals surface area contributed by atoms with E-state index in [2.05, 4.69) is 176 Å². The van der Waals surface area contributed by atoms with Crippen LogP contribution in [0.15, 0.2) is 186 Å². The zero-order valence-corrected chi connectivity index (χ0v) is 31.0. The molecule has 9 aromatic carbocycles. The molecule has 1 atom stereocenters. The Morgan fingerprint density at radius 3 is 1.87 bits per heavy atom. The summed E-state index contributed by atoms with van der Waals surface area (Å²) in [5.41, 5.74) is 9.20. The quantitative estimate of drug-likeness (QED) is 0.164. The van der Waals surface area contributed by atoms with Crippen LogP contribution in [0.2, 0.25) is 0 Å². The van der Waals surface area contributed by atoms with Gasteiger partial charge in [-0.3, -0.25) is 0 Å². The third-order valence-electron chi connectivity index (χ3n) is 11.8. The molecule has 2 heteroatoms. The number of fused-ring (bicyclic) bond motifs is 12. The minimum atomic E-state index is 0.418. The summed E-state index contributed by atoms with van der Waals surface area (Å²) in [6, 6.07) is 61.1. The van der Waals surface area contributed by atoms with Crippen molar-refractivity contribution in [3.05, 3.63) is 192 Å². The van der Waals surface area contributed by atoms with Crippen LogP contribution in [0.1, 0.15) is 23.5 Å². The van der Waals surface area contributed by atoms with E-state index >= 15 is 0 Å². The zero-order valence-electron chi connectivity index (χ0n) is 29.3. The standard InChI is InChI=1S/C52H32S2/c1-2-11-33-28-37(21-20-31(33)10-1)49-42-17-5-3-15-40(42)48(41-16-4-6-18-43(41)49)36-13-9-12-34(29-36)35-24-25-39-45-27-23-32-22-26-44-38-14-7-8-19-46(38)53-51(44)50(32)52(45)54-47(39)30-35/h1-24,26-30,39H,25H2. The van der Waals surface area contributed by atoms with E-state index in [1.807, 2.05) is 23.1 Å². The van der Waals surface area contributed by atoms with Gasteiger partial charge >= 0.3 is 0 Å². The number of benzene rings is 9. The van der Waals surface area contributed by atoms with Gasteiger partial charge in [0.25, 0.3) is 0 Å². The van der Waals surface area contributed by atoms with E-state index in [4.69, 9.17) is 0 Å². The van der Waals surface area contributed by atoms with E-state index in [1.54, 1.807) is 0 Å². The Hall–Kier alpha value is -5.93. The lowest BCUT2D eigenvalue weighted by atomic mass is 9.84. The maximum Gasteiger partial charge on any atom is 0.0445 e. The second kappa shape index (κ2) is 11.8. The monoisotopic (exact) mass is 720 g/mol. The highest BCUT2D eigenvalue weighted by Gasteiger charge is 2.32. The minimum Gasteiger partial charge on any atom is -0.134 e. The van der Waals surface area contributed by atoms with Crippen molar-refractivity contribution in [1.29, 1.82) is 0 Å². The molecule has 0 radical (unpaired) electrons. The lowest BCUT2D eigenvalue weighted by molar-refractivity contribution is 0.843. The van der Waals surface area contributed by atoms with Crippen molar-refractivity contribution in [3.8, 4) is 22.3 Å². The van der Waals surface area contributed by atoms with Crippen molar-refractivity contribution in [2.45, 2.75) is 17.2 Å². The molecule has 54 heavy (non-hydrogen) atoms. The molecule has 10 aromatic rings. The van der Waals surface area contributed by atoms with Crippen molar-refractivity contribution < 1.29 is 0 Å². The van der Waals surface area contributed by atoms with Crippen LogP contribution in [0.3, 0.4) is 0 Å². The molecule has 1 aliphatic carbocycles. The van der Waals surface area contributed by atoms with Crippen LogP contribution in [0, 0.1) is 0 Å². The van der Waals surface area contributed by atoms with Gasteiger partial charge < -0.3 is 0 Å². The molecular weight excluding hydrogens is 689 g/mol. The number of hydrogen-bond donors (Lipinski definition) is 0. The van der Waals surface area contributed by atoms with Gasteiger partial charge in [-0.05, 0) is 112 Å². The van der Waals surface area contributed by atoms with E-state index in [-0.39, 0.29) is 0 Å². The van der Waals surface area contributed by atoms with Gasteiger partial charge in [0.2, 0.25) is 0 Å². The van der Waals surface area contributed by atoms with Crippen molar-refractivity contribution in [2.75, 3.05) is 0 Å². The molecule has 0 bridgehead atoms. The number of rotatable bonds is 3. The second-order valence-corrected chi connectivity index (χ2v) is 16.8. The van der Waals surface area contributed by atoms with Gasteiger partial charge in [-0.2, -0.15) is 0 Å². The Morgan fingerprint density at radius 1 is 0.463 bits per heavy atom. The molecule has 2 aliphatic rings. The number of hydrogen-bond acceptors (Lipinski definition) is 2. The van der Waals surface area contributed by atoms with Gasteiger partial charge in [-0.25, -0.2) is 0 Å². The Labute approximate surface area is 321 Å². The van der Waals surface area contributed by atoms with Crippen LogP contribution in [0.5, 0.6) is 0 Å². The second-order valence-electron chi connectivity index (χ2n) is 14.7. The number of thioether (sulfide) groups is 1. The summed E-state index contributed by atoms with van der Waals surface area (Å²) in [7, 11) is 0. The molecular formula is C52H32S2. The third kappa shape index (κ3) is 4.51. The van der Waals surface area contributed by atoms with Gasteiger partial charge in [0, 0.05) is 36.4 Å². The summed E-state index contributed by atoms with van der Waals surface area (Å²) in [5.74, 6) is 0.418. The molecule has 12 rings (SSSR count). The summed E-state index contributed by atoms with van der Waals surface area (Å²) in [5, 5.41) is 13.2. The lowest BCUT2D eigenvalue weighted by Gasteiger charge is -2.20. The topological polar surface area (TPSA) is 0 Å². The van der Waals surface area contributed by atoms with Crippen molar-refractivity contribution in [2.24, 2.45) is 0 Å². The smallest absolute Gasteiger partial charge is 0.0445 e. The molecule has 0 N–H and O–H groups in total. The predicted molar refractivity (Wildman–Crippen MR) is 236 cm³/mol. The molecule has 0 saturated carbocycles. The van der Waals surface area contributed by atoms with E-state index in [0.717, 1.165) is 6.42 Å². The SMILES string of the molecule is C1=C(c2cccc(-c3c4ccccc4c(-c4ccc5ccccc5c4)c4ccccc34)c2)C=C2Sc3c(ccc4ccc5c6ccccc6sc5c34)C2C1.